The number of rotatable bonds is 5. The Balaban J connectivity index is 2.10. The van der Waals surface area contributed by atoms with E-state index in [0.717, 1.165) is 18.5 Å². The molecule has 2 rings (SSSR count). The summed E-state index contributed by atoms with van der Waals surface area (Å²) in [5, 5.41) is 3.00. The van der Waals surface area contributed by atoms with Crippen molar-refractivity contribution in [3.05, 3.63) is 59.4 Å². The van der Waals surface area contributed by atoms with Gasteiger partial charge in [-0.1, -0.05) is 12.6 Å². The van der Waals surface area contributed by atoms with E-state index in [1.54, 1.807) is 13.0 Å². The van der Waals surface area contributed by atoms with Gasteiger partial charge in [0.15, 0.2) is 11.6 Å². The van der Waals surface area contributed by atoms with Gasteiger partial charge in [-0.05, 0) is 30.7 Å². The molecule has 3 N–H and O–H groups in total. The fourth-order valence-corrected chi connectivity index (χ4v) is 1.78. The summed E-state index contributed by atoms with van der Waals surface area (Å²) >= 11 is 0. The molecule has 2 aromatic rings. The second-order valence-corrected chi connectivity index (χ2v) is 4.55. The van der Waals surface area contributed by atoms with Crippen LogP contribution in [0.1, 0.15) is 17.0 Å². The first-order chi connectivity index (χ1) is 10.5. The van der Waals surface area contributed by atoms with E-state index in [2.05, 4.69) is 26.9 Å². The number of benzene rings is 1. The minimum absolute atomic E-state index is 0.230. The van der Waals surface area contributed by atoms with Gasteiger partial charge in [0.2, 0.25) is 0 Å². The van der Waals surface area contributed by atoms with Crippen molar-refractivity contribution in [1.82, 2.24) is 15.3 Å². The van der Waals surface area contributed by atoms with Crippen molar-refractivity contribution in [2.75, 3.05) is 0 Å². The molecule has 0 aliphatic heterocycles. The summed E-state index contributed by atoms with van der Waals surface area (Å²) in [6.45, 7) is 5.95. The van der Waals surface area contributed by atoms with Crippen LogP contribution in [0.4, 0.5) is 14.7 Å². The molecule has 7 heteroatoms. The van der Waals surface area contributed by atoms with E-state index in [1.165, 1.54) is 6.07 Å². The summed E-state index contributed by atoms with van der Waals surface area (Å²) in [7, 11) is 0. The van der Waals surface area contributed by atoms with Crippen LogP contribution in [0.25, 0.3) is 5.70 Å². The first-order valence-electron chi connectivity index (χ1n) is 6.46. The number of aryl methyl sites for hydroxylation is 1. The van der Waals surface area contributed by atoms with Gasteiger partial charge in [0.05, 0.1) is 17.7 Å². The number of aliphatic imine (C=N–C) groups is 1. The van der Waals surface area contributed by atoms with Gasteiger partial charge in [0, 0.05) is 12.2 Å². The van der Waals surface area contributed by atoms with Crippen LogP contribution in [0.15, 0.2) is 35.8 Å². The maximum Gasteiger partial charge on any atom is 0.251 e. The van der Waals surface area contributed by atoms with Crippen LogP contribution < -0.4 is 11.1 Å². The second kappa shape index (κ2) is 6.75. The van der Waals surface area contributed by atoms with E-state index in [9.17, 15) is 8.78 Å². The number of nitrogens with two attached hydrogens (primary N) is 1. The number of aromatic nitrogens is 2. The van der Waals surface area contributed by atoms with Crippen LogP contribution in [0.5, 0.6) is 0 Å². The number of hydrogen-bond donors (Lipinski definition) is 2. The number of halogens is 2. The highest BCUT2D eigenvalue weighted by atomic mass is 19.2. The molecule has 5 nitrogen and oxygen atoms in total. The Morgan fingerprint density at radius 1 is 1.32 bits per heavy atom. The quantitative estimate of drug-likeness (QED) is 0.657. The standard InChI is InChI=1S/C15H15F2N5/c1-9-5-14(22-15(21-9)20-8-18)10(2)19-7-11-3-4-12(16)13(17)6-11/h3-6,8,19H,2,7H2,1H3,(H2,18,20,21,22). The van der Waals surface area contributed by atoms with Crippen molar-refractivity contribution >= 4 is 18.0 Å². The minimum atomic E-state index is -0.887. The molecular formula is C15H15F2N5. The molecule has 0 atom stereocenters. The van der Waals surface area contributed by atoms with Crippen LogP contribution in [0.3, 0.4) is 0 Å². The number of nitrogens with zero attached hydrogens (tertiary/aromatic N) is 3. The second-order valence-electron chi connectivity index (χ2n) is 4.55. The van der Waals surface area contributed by atoms with Gasteiger partial charge < -0.3 is 11.1 Å². The average Bonchev–Trinajstić information content (AvgIpc) is 2.48. The van der Waals surface area contributed by atoms with Crippen molar-refractivity contribution in [1.29, 1.82) is 0 Å². The predicted octanol–water partition coefficient (Wildman–Crippen LogP) is 2.44. The lowest BCUT2D eigenvalue weighted by atomic mass is 10.2. The van der Waals surface area contributed by atoms with E-state index in [-0.39, 0.29) is 12.5 Å². The first-order valence-corrected chi connectivity index (χ1v) is 6.46. The molecule has 0 saturated heterocycles. The Bertz CT molecular complexity index is 728. The molecule has 0 fully saturated rings. The van der Waals surface area contributed by atoms with E-state index in [4.69, 9.17) is 5.73 Å². The van der Waals surface area contributed by atoms with Gasteiger partial charge in [0.1, 0.15) is 0 Å². The van der Waals surface area contributed by atoms with E-state index >= 15 is 0 Å². The normalized spacial score (nSPS) is 10.9. The van der Waals surface area contributed by atoms with Crippen LogP contribution in [0, 0.1) is 18.6 Å². The number of hydrogen-bond acceptors (Lipinski definition) is 4. The third-order valence-corrected chi connectivity index (χ3v) is 2.83. The summed E-state index contributed by atoms with van der Waals surface area (Å²) in [6.07, 6.45) is 1.11. The Kier molecular flexibility index (Phi) is 4.77. The zero-order valence-corrected chi connectivity index (χ0v) is 12.0. The molecule has 0 aliphatic rings. The lowest BCUT2D eigenvalue weighted by Gasteiger charge is -2.10. The molecule has 1 aromatic heterocycles. The van der Waals surface area contributed by atoms with Crippen molar-refractivity contribution < 1.29 is 8.78 Å². The fraction of sp³-hybridized carbons (Fsp3) is 0.133. The molecular weight excluding hydrogens is 288 g/mol. The topological polar surface area (TPSA) is 76.2 Å². The third-order valence-electron chi connectivity index (χ3n) is 2.83. The predicted molar refractivity (Wildman–Crippen MR) is 81.3 cm³/mol. The lowest BCUT2D eigenvalue weighted by molar-refractivity contribution is 0.507. The van der Waals surface area contributed by atoms with Gasteiger partial charge in [-0.3, -0.25) is 0 Å². The molecule has 22 heavy (non-hydrogen) atoms. The molecule has 0 bridgehead atoms. The lowest BCUT2D eigenvalue weighted by Crippen LogP contribution is -2.12. The highest BCUT2D eigenvalue weighted by Gasteiger charge is 2.06. The van der Waals surface area contributed by atoms with Crippen LogP contribution in [-0.4, -0.2) is 16.3 Å². The molecule has 114 valence electrons. The van der Waals surface area contributed by atoms with E-state index < -0.39 is 11.6 Å². The van der Waals surface area contributed by atoms with Gasteiger partial charge in [-0.2, -0.15) is 0 Å². The fourth-order valence-electron chi connectivity index (χ4n) is 1.78. The largest absolute Gasteiger partial charge is 0.390 e. The molecule has 0 radical (unpaired) electrons. The van der Waals surface area contributed by atoms with Gasteiger partial charge in [0.25, 0.3) is 5.95 Å². The molecule has 0 amide bonds. The van der Waals surface area contributed by atoms with Gasteiger partial charge in [-0.15, -0.1) is 0 Å². The molecule has 1 heterocycles. The molecule has 0 aliphatic carbocycles. The summed E-state index contributed by atoms with van der Waals surface area (Å²) < 4.78 is 26.0. The van der Waals surface area contributed by atoms with E-state index in [1.807, 2.05) is 0 Å². The Morgan fingerprint density at radius 3 is 2.77 bits per heavy atom. The van der Waals surface area contributed by atoms with Crippen LogP contribution >= 0.6 is 0 Å². The third kappa shape index (κ3) is 3.85. The van der Waals surface area contributed by atoms with Crippen molar-refractivity contribution in [2.24, 2.45) is 10.7 Å². The first kappa shape index (κ1) is 15.6. The maximum atomic E-state index is 13.1. The maximum absolute atomic E-state index is 13.1. The summed E-state index contributed by atoms with van der Waals surface area (Å²) in [5.41, 5.74) is 7.59. The Labute approximate surface area is 126 Å². The monoisotopic (exact) mass is 303 g/mol. The molecule has 0 spiro atoms. The zero-order valence-electron chi connectivity index (χ0n) is 12.0. The summed E-state index contributed by atoms with van der Waals surface area (Å²) in [4.78, 5) is 12.1. The Morgan fingerprint density at radius 2 is 2.09 bits per heavy atom. The number of nitrogens with one attached hydrogen (secondary N) is 1. The minimum Gasteiger partial charge on any atom is -0.390 e. The van der Waals surface area contributed by atoms with Crippen molar-refractivity contribution in [2.45, 2.75) is 13.5 Å². The summed E-state index contributed by atoms with van der Waals surface area (Å²) in [6, 6.07) is 5.44. The van der Waals surface area contributed by atoms with E-state index in [0.29, 0.717) is 22.6 Å². The molecule has 1 aromatic carbocycles. The zero-order chi connectivity index (χ0) is 16.1. The highest BCUT2D eigenvalue weighted by molar-refractivity contribution is 5.61. The van der Waals surface area contributed by atoms with Crippen LogP contribution in [-0.2, 0) is 6.54 Å². The van der Waals surface area contributed by atoms with Crippen molar-refractivity contribution in [3.8, 4) is 0 Å². The highest BCUT2D eigenvalue weighted by Crippen LogP contribution is 2.14. The summed E-state index contributed by atoms with van der Waals surface area (Å²) in [5.74, 6) is -1.53. The van der Waals surface area contributed by atoms with Gasteiger partial charge >= 0.3 is 0 Å². The average molecular weight is 303 g/mol. The van der Waals surface area contributed by atoms with Crippen molar-refractivity contribution in [3.63, 3.8) is 0 Å². The molecule has 0 saturated carbocycles. The Hall–Kier alpha value is -2.83. The smallest absolute Gasteiger partial charge is 0.251 e. The SMILES string of the molecule is C=C(NCc1ccc(F)c(F)c1)c1cc(C)nc(/N=C\N)n1. The van der Waals surface area contributed by atoms with Crippen LogP contribution in [0.2, 0.25) is 0 Å². The van der Waals surface area contributed by atoms with Gasteiger partial charge in [-0.25, -0.2) is 23.7 Å². The molecule has 0 unspecified atom stereocenters.